The van der Waals surface area contributed by atoms with E-state index < -0.39 is 5.91 Å². The molecule has 63 valence electrons. The highest BCUT2D eigenvalue weighted by atomic mass is 16.1. The fourth-order valence-corrected chi connectivity index (χ4v) is 0.983. The zero-order valence-electron chi connectivity index (χ0n) is 7.01. The highest BCUT2D eigenvalue weighted by Crippen LogP contribution is 2.06. The minimum Gasteiger partial charge on any atom is -0.271 e. The Morgan fingerprint density at radius 3 is 2.18 bits per heavy atom. The van der Waals surface area contributed by atoms with Gasteiger partial charge in [0.15, 0.2) is 0 Å². The second-order valence-corrected chi connectivity index (χ2v) is 2.77. The first kappa shape index (κ1) is 10.5. The van der Waals surface area contributed by atoms with Crippen molar-refractivity contribution in [2.45, 2.75) is 44.9 Å². The van der Waals surface area contributed by atoms with Gasteiger partial charge in [0.05, 0.1) is 0 Å². The predicted octanol–water partition coefficient (Wildman–Crippen LogP) is 2.15. The second-order valence-electron chi connectivity index (χ2n) is 2.77. The Morgan fingerprint density at radius 1 is 1.09 bits per heavy atom. The molecule has 0 bridgehead atoms. The Balaban J connectivity index is 2.85. The normalized spacial score (nSPS) is 9.91. The summed E-state index contributed by atoms with van der Waals surface area (Å²) in [6.07, 6.45) is 6.72. The Bertz CT molecular complexity index is 102. The molecule has 0 N–H and O–H groups in total. The molecule has 11 heavy (non-hydrogen) atoms. The van der Waals surface area contributed by atoms with E-state index in [0.717, 1.165) is 25.7 Å². The number of hydrogen-bond acceptors (Lipinski definition) is 1. The summed E-state index contributed by atoms with van der Waals surface area (Å²) in [5.41, 5.74) is 8.31. The highest BCUT2D eigenvalue weighted by Gasteiger charge is 1.95. The van der Waals surface area contributed by atoms with Crippen molar-refractivity contribution in [2.75, 3.05) is 0 Å². The predicted molar refractivity (Wildman–Crippen MR) is 44.8 cm³/mol. The van der Waals surface area contributed by atoms with Gasteiger partial charge in [-0.25, -0.2) is 0 Å². The molecule has 0 saturated carbocycles. The zero-order valence-corrected chi connectivity index (χ0v) is 7.01. The van der Waals surface area contributed by atoms with Crippen LogP contribution in [-0.4, -0.2) is 5.91 Å². The molecule has 0 heterocycles. The monoisotopic (exact) mass is 154 g/mol. The van der Waals surface area contributed by atoms with Crippen molar-refractivity contribution in [3.8, 4) is 0 Å². The maximum atomic E-state index is 10.1. The summed E-state index contributed by atoms with van der Waals surface area (Å²) >= 11 is 0. The zero-order chi connectivity index (χ0) is 8.53. The summed E-state index contributed by atoms with van der Waals surface area (Å²) in [6, 6.07) is 0. The van der Waals surface area contributed by atoms with Crippen molar-refractivity contribution in [1.29, 1.82) is 0 Å². The molecule has 0 atom stereocenters. The van der Waals surface area contributed by atoms with E-state index in [2.05, 4.69) is 6.92 Å². The van der Waals surface area contributed by atoms with Crippen LogP contribution in [0.15, 0.2) is 0 Å². The number of nitrogens with zero attached hydrogens (tertiary/aromatic N) is 1. The van der Waals surface area contributed by atoms with E-state index in [1.807, 2.05) is 0 Å². The van der Waals surface area contributed by atoms with Gasteiger partial charge in [-0.05, 0) is 6.42 Å². The molecular formula is C9H16NO. The number of hydrogen-bond donors (Lipinski definition) is 0. The molecule has 1 amide bonds. The van der Waals surface area contributed by atoms with Crippen LogP contribution in [0.25, 0.3) is 0 Å². The molecule has 0 aliphatic heterocycles. The Kier molecular flexibility index (Phi) is 7.21. The van der Waals surface area contributed by atoms with E-state index in [4.69, 9.17) is 5.73 Å². The van der Waals surface area contributed by atoms with E-state index in [1.165, 1.54) is 12.8 Å². The second kappa shape index (κ2) is 7.58. The maximum absolute atomic E-state index is 10.1. The smallest absolute Gasteiger partial charge is 0.264 e. The van der Waals surface area contributed by atoms with Crippen LogP contribution in [0.2, 0.25) is 0 Å². The Morgan fingerprint density at radius 2 is 1.64 bits per heavy atom. The van der Waals surface area contributed by atoms with Gasteiger partial charge in [0, 0.05) is 6.42 Å². The van der Waals surface area contributed by atoms with E-state index in [-0.39, 0.29) is 0 Å². The van der Waals surface area contributed by atoms with Gasteiger partial charge >= 0.3 is 0 Å². The summed E-state index contributed by atoms with van der Waals surface area (Å²) in [7, 11) is 0. The minimum atomic E-state index is -0.679. The van der Waals surface area contributed by atoms with Crippen molar-refractivity contribution in [2.24, 2.45) is 0 Å². The topological polar surface area (TPSA) is 39.4 Å². The van der Waals surface area contributed by atoms with Crippen LogP contribution in [0.3, 0.4) is 0 Å². The van der Waals surface area contributed by atoms with Gasteiger partial charge in [-0.2, -0.15) is 0 Å². The average molecular weight is 154 g/mol. The number of rotatable bonds is 7. The van der Waals surface area contributed by atoms with E-state index in [9.17, 15) is 4.79 Å². The molecule has 0 aliphatic carbocycles. The average Bonchev–Trinajstić information content (AvgIpc) is 1.96. The molecule has 2 nitrogen and oxygen atoms in total. The quantitative estimate of drug-likeness (QED) is 0.518. The number of carbonyl (C=O) groups is 1. The molecule has 0 aromatic rings. The molecule has 0 unspecified atom stereocenters. The van der Waals surface area contributed by atoms with Crippen molar-refractivity contribution in [3.63, 3.8) is 0 Å². The first-order chi connectivity index (χ1) is 5.27. The molecule has 0 aliphatic rings. The molecule has 0 saturated heterocycles. The van der Waals surface area contributed by atoms with Crippen molar-refractivity contribution in [3.05, 3.63) is 6.92 Å². The molecule has 0 aromatic carbocycles. The SMILES string of the molecule is [CH2]CCCCCCCC([N])=O. The maximum Gasteiger partial charge on any atom is 0.264 e. The first-order valence-corrected chi connectivity index (χ1v) is 4.28. The number of amides is 1. The third kappa shape index (κ3) is 9.47. The van der Waals surface area contributed by atoms with Crippen molar-refractivity contribution >= 4 is 5.91 Å². The molecule has 0 fully saturated rings. The number of carbonyl (C=O) groups excluding carboxylic acids is 1. The van der Waals surface area contributed by atoms with Crippen LogP contribution in [0.5, 0.6) is 0 Å². The lowest BCUT2D eigenvalue weighted by atomic mass is 10.1. The summed E-state index contributed by atoms with van der Waals surface area (Å²) in [6.45, 7) is 3.74. The third-order valence-corrected chi connectivity index (χ3v) is 1.64. The van der Waals surface area contributed by atoms with Crippen molar-refractivity contribution in [1.82, 2.24) is 5.73 Å². The van der Waals surface area contributed by atoms with Gasteiger partial charge in [-0.3, -0.25) is 4.79 Å². The van der Waals surface area contributed by atoms with E-state index in [1.54, 1.807) is 0 Å². The van der Waals surface area contributed by atoms with E-state index >= 15 is 0 Å². The van der Waals surface area contributed by atoms with Gasteiger partial charge < -0.3 is 0 Å². The van der Waals surface area contributed by atoms with Crippen LogP contribution in [0.1, 0.15) is 44.9 Å². The molecule has 0 aromatic heterocycles. The van der Waals surface area contributed by atoms with Crippen LogP contribution < -0.4 is 5.73 Å². The van der Waals surface area contributed by atoms with E-state index in [0.29, 0.717) is 6.42 Å². The summed E-state index contributed by atoms with van der Waals surface area (Å²) in [5.74, 6) is -0.679. The molecule has 3 radical (unpaired) electrons. The fourth-order valence-electron chi connectivity index (χ4n) is 0.983. The molecule has 2 heteroatoms. The lowest BCUT2D eigenvalue weighted by Gasteiger charge is -1.96. The molecular weight excluding hydrogens is 138 g/mol. The van der Waals surface area contributed by atoms with Gasteiger partial charge in [0.2, 0.25) is 0 Å². The standard InChI is InChI=1S/C9H16NO/c1-2-3-4-5-6-7-8-9(10)11/h1-8H2. The highest BCUT2D eigenvalue weighted by molar-refractivity contribution is 5.72. The van der Waals surface area contributed by atoms with Gasteiger partial charge in [0.25, 0.3) is 5.91 Å². The van der Waals surface area contributed by atoms with Gasteiger partial charge in [-0.1, -0.05) is 39.0 Å². The first-order valence-electron chi connectivity index (χ1n) is 4.28. The van der Waals surface area contributed by atoms with Crippen LogP contribution >= 0.6 is 0 Å². The lowest BCUT2D eigenvalue weighted by Crippen LogP contribution is -1.96. The third-order valence-electron chi connectivity index (χ3n) is 1.64. The van der Waals surface area contributed by atoms with Gasteiger partial charge in [0.1, 0.15) is 0 Å². The van der Waals surface area contributed by atoms with Crippen LogP contribution in [0.4, 0.5) is 0 Å². The van der Waals surface area contributed by atoms with Gasteiger partial charge in [-0.15, -0.1) is 5.73 Å². The summed E-state index contributed by atoms with van der Waals surface area (Å²) in [4.78, 5) is 10.1. The van der Waals surface area contributed by atoms with Crippen LogP contribution in [-0.2, 0) is 4.79 Å². The fraction of sp³-hybridized carbons (Fsp3) is 0.778. The molecule has 0 spiro atoms. The Hall–Kier alpha value is -0.530. The Labute approximate surface area is 69.2 Å². The minimum absolute atomic E-state index is 0.324. The summed E-state index contributed by atoms with van der Waals surface area (Å²) in [5, 5.41) is 0. The van der Waals surface area contributed by atoms with Crippen molar-refractivity contribution < 1.29 is 4.79 Å². The number of unbranched alkanes of at least 4 members (excludes halogenated alkanes) is 5. The largest absolute Gasteiger partial charge is 0.271 e. The van der Waals surface area contributed by atoms with Crippen LogP contribution in [0, 0.1) is 6.92 Å². The lowest BCUT2D eigenvalue weighted by molar-refractivity contribution is -0.118. The summed E-state index contributed by atoms with van der Waals surface area (Å²) < 4.78 is 0. The molecule has 0 rings (SSSR count).